The van der Waals surface area contributed by atoms with E-state index in [-0.39, 0.29) is 78.1 Å². The van der Waals surface area contributed by atoms with Crippen molar-refractivity contribution in [1.29, 1.82) is 0 Å². The molecule has 7 rings (SSSR count). The van der Waals surface area contributed by atoms with Crippen molar-refractivity contribution in [3.63, 3.8) is 0 Å². The molecule has 1 spiro atoms. The van der Waals surface area contributed by atoms with Gasteiger partial charge in [0.05, 0.1) is 36.4 Å². The Hall–Kier alpha value is -4.91. The first-order valence-electron chi connectivity index (χ1n) is 28.6. The van der Waals surface area contributed by atoms with Crippen LogP contribution in [0.1, 0.15) is 139 Å². The van der Waals surface area contributed by atoms with Gasteiger partial charge in [-0.1, -0.05) is 110 Å². The number of hydrogen-bond donors (Lipinski definition) is 7. The summed E-state index contributed by atoms with van der Waals surface area (Å²) in [5.74, 6) is -4.70. The number of phenols is 1. The molecule has 6 aliphatic heterocycles. The van der Waals surface area contributed by atoms with Crippen LogP contribution in [0.4, 0.5) is 0 Å². The number of ether oxygens (including phenoxy) is 4. The number of cyclic esters (lactones) is 1. The van der Waals surface area contributed by atoms with Crippen LogP contribution in [0.3, 0.4) is 0 Å². The summed E-state index contributed by atoms with van der Waals surface area (Å²) >= 11 is 0. The Morgan fingerprint density at radius 2 is 1.73 bits per heavy atom. The Morgan fingerprint density at radius 1 is 0.961 bits per heavy atom. The maximum Gasteiger partial charge on any atom is 0.325 e. The van der Waals surface area contributed by atoms with E-state index in [1.165, 1.54) is 17.1 Å². The second-order valence-corrected chi connectivity index (χ2v) is 23.8. The maximum absolute atomic E-state index is 14.6. The van der Waals surface area contributed by atoms with Crippen molar-refractivity contribution in [3.8, 4) is 5.75 Å². The highest BCUT2D eigenvalue weighted by molar-refractivity contribution is 5.93. The summed E-state index contributed by atoms with van der Waals surface area (Å²) in [5.41, 5.74) is 3.50. The smallest absolute Gasteiger partial charge is 0.325 e. The van der Waals surface area contributed by atoms with Crippen LogP contribution >= 0.6 is 0 Å². The van der Waals surface area contributed by atoms with E-state index in [1.807, 2.05) is 105 Å². The quantitative estimate of drug-likeness (QED) is 0.0864. The number of rotatable bonds is 12. The van der Waals surface area contributed by atoms with Gasteiger partial charge in [-0.15, -0.1) is 0 Å². The topological polar surface area (TPSA) is 234 Å². The third-order valence-electron chi connectivity index (χ3n) is 17.7. The van der Waals surface area contributed by atoms with E-state index in [2.05, 4.69) is 28.3 Å². The molecule has 6 aliphatic rings. The maximum atomic E-state index is 14.6. The standard InChI is InChI=1S/C60H89N5O12/c1-11-42-30-37(6)60(63-54(42)69)40(9)52(68)38(7)50(76-60)33-47(67)35(4)20-14-12-15-21-36(5)48-25-16-13-17-26-49-39(8)53-44(27-28-59(10,75-49)77-53)55(70)62-51(34(2)3)56(71)61-46(32-41-22-18-23-43(66)31-41)57(72)65-29-19-24-45(64-65)58(73)74-48/h12-13,15-18,21-23,26,31,34-35,37-40,42,44-53,64,66-68H,11,14,19-20,24-25,27-30,32-33H2,1-10H3,(H,61,71)(H,62,70)(H,63,69)/b15-12+,16-13+,26-17+,36-21+/t35-,37-,38-,39-,40-,42-,44+,45-,46-,47-,48-,49-,50-,51-,52-,53+,59?,60+/m0/s1. The van der Waals surface area contributed by atoms with E-state index in [4.69, 9.17) is 18.9 Å². The van der Waals surface area contributed by atoms with E-state index in [0.29, 0.717) is 63.4 Å². The molecule has 0 saturated carbocycles. The lowest BCUT2D eigenvalue weighted by Crippen LogP contribution is -2.71. The fourth-order valence-electron chi connectivity index (χ4n) is 12.4. The van der Waals surface area contributed by atoms with Gasteiger partial charge in [0.15, 0.2) is 5.79 Å². The van der Waals surface area contributed by atoms with Gasteiger partial charge >= 0.3 is 5.97 Å². The predicted octanol–water partition coefficient (Wildman–Crippen LogP) is 6.61. The summed E-state index contributed by atoms with van der Waals surface area (Å²) in [6.45, 7) is 19.7. The number of phenolic OH excluding ortho intramolecular Hbond substituents is 1. The number of benzene rings is 1. The Bertz CT molecular complexity index is 2370. The van der Waals surface area contributed by atoms with Gasteiger partial charge in [-0.05, 0) is 93.9 Å². The second kappa shape index (κ2) is 25.9. The van der Waals surface area contributed by atoms with E-state index in [0.717, 1.165) is 12.0 Å². The van der Waals surface area contributed by atoms with Gasteiger partial charge in [0.2, 0.25) is 17.7 Å². The number of carbonyl (C=O) groups is 5. The molecule has 1 aromatic carbocycles. The number of aliphatic hydroxyl groups excluding tert-OH is 2. The Morgan fingerprint density at radius 3 is 2.45 bits per heavy atom. The highest BCUT2D eigenvalue weighted by Crippen LogP contribution is 2.47. The lowest BCUT2D eigenvalue weighted by molar-refractivity contribution is -0.344. The highest BCUT2D eigenvalue weighted by atomic mass is 16.7. The molecule has 5 saturated heterocycles. The molecule has 1 unspecified atom stereocenters. The predicted molar refractivity (Wildman–Crippen MR) is 291 cm³/mol. The summed E-state index contributed by atoms with van der Waals surface area (Å²) in [7, 11) is 0. The molecular formula is C60H89N5O12. The van der Waals surface area contributed by atoms with E-state index >= 15 is 0 Å². The number of aliphatic hydroxyl groups is 2. The van der Waals surface area contributed by atoms with Crippen molar-refractivity contribution in [3.05, 3.63) is 77.9 Å². The minimum Gasteiger partial charge on any atom is -0.508 e. The number of carbonyl (C=O) groups excluding carboxylic acids is 5. The van der Waals surface area contributed by atoms with Crippen molar-refractivity contribution < 1.29 is 58.2 Å². The highest BCUT2D eigenvalue weighted by Gasteiger charge is 2.57. The molecule has 1 aromatic rings. The number of nitrogens with one attached hydrogen (secondary N) is 4. The zero-order chi connectivity index (χ0) is 55.9. The number of fused-ring (bicyclic) bond motifs is 4. The summed E-state index contributed by atoms with van der Waals surface area (Å²) < 4.78 is 26.0. The van der Waals surface area contributed by atoms with Crippen molar-refractivity contribution in [1.82, 2.24) is 26.4 Å². The van der Waals surface area contributed by atoms with Crippen LogP contribution < -0.4 is 21.4 Å². The summed E-state index contributed by atoms with van der Waals surface area (Å²) in [6, 6.07) is 3.48. The Labute approximate surface area is 456 Å². The fraction of sp³-hybridized carbons (Fsp3) is 0.683. The van der Waals surface area contributed by atoms with Crippen molar-refractivity contribution in [2.45, 2.75) is 206 Å². The van der Waals surface area contributed by atoms with Crippen molar-refractivity contribution in [2.75, 3.05) is 6.54 Å². The van der Waals surface area contributed by atoms with Gasteiger partial charge in [0.25, 0.3) is 5.91 Å². The SMILES string of the molecule is CC[C@H]1C[C@H](C)[C@@]2(NC1=O)O[C@@H](C[C@H](O)[C@@H](C)CC/C=C/C=C(\C)[C@@H]1C/C=C/C=C/[C@@H]3OC4(C)CC[C@@H](C(=O)N[C@@H](C(C)C)C(=O)N[C@@H](Cc5cccc(O)c5)C(=O)N5CCC[C@H](N5)C(=O)O1)[C@H](O4)[C@H]3C)[C@H](C)[C@H](O)[C@@H]2C. The monoisotopic (exact) mass is 1070 g/mol. The minimum absolute atomic E-state index is 0.00505. The lowest BCUT2D eigenvalue weighted by Gasteiger charge is -2.56. The van der Waals surface area contributed by atoms with E-state index in [1.54, 1.807) is 12.1 Å². The Balaban J connectivity index is 1.07. The molecule has 5 bridgehead atoms. The van der Waals surface area contributed by atoms with Crippen LogP contribution in [0.15, 0.2) is 72.4 Å². The average molecular weight is 1070 g/mol. The number of piperidine rings is 1. The van der Waals surface area contributed by atoms with E-state index in [9.17, 15) is 39.3 Å². The number of nitrogens with zero attached hydrogens (tertiary/aromatic N) is 1. The molecule has 0 radical (unpaired) electrons. The van der Waals surface area contributed by atoms with Gasteiger partial charge < -0.3 is 50.2 Å². The van der Waals surface area contributed by atoms with Gasteiger partial charge in [0, 0.05) is 61.8 Å². The van der Waals surface area contributed by atoms with Crippen LogP contribution in [-0.2, 0) is 49.3 Å². The average Bonchev–Trinajstić information content (AvgIpc) is 3.40. The second-order valence-electron chi connectivity index (χ2n) is 23.8. The van der Waals surface area contributed by atoms with E-state index < -0.39 is 83.9 Å². The number of hydrogen-bond acceptors (Lipinski definition) is 13. The lowest BCUT2D eigenvalue weighted by atomic mass is 9.69. The molecule has 6 heterocycles. The summed E-state index contributed by atoms with van der Waals surface area (Å²) in [6.07, 6.45) is 15.4. The largest absolute Gasteiger partial charge is 0.508 e. The number of esters is 1. The molecule has 77 heavy (non-hydrogen) atoms. The first-order valence-corrected chi connectivity index (χ1v) is 28.6. The molecule has 5 fully saturated rings. The third kappa shape index (κ3) is 14.1. The molecule has 17 heteroatoms. The van der Waals surface area contributed by atoms with Gasteiger partial charge in [-0.25, -0.2) is 5.43 Å². The van der Waals surface area contributed by atoms with Crippen LogP contribution in [0.25, 0.3) is 0 Å². The number of aromatic hydroxyl groups is 1. The zero-order valence-electron chi connectivity index (χ0n) is 47.1. The fourth-order valence-corrected chi connectivity index (χ4v) is 12.4. The molecular weight excluding hydrogens is 983 g/mol. The molecule has 17 nitrogen and oxygen atoms in total. The summed E-state index contributed by atoms with van der Waals surface area (Å²) in [4.78, 5) is 70.4. The molecule has 0 aliphatic carbocycles. The summed E-state index contributed by atoms with van der Waals surface area (Å²) in [5, 5.41) is 43.7. The number of allylic oxidation sites excluding steroid dienone is 5. The van der Waals surface area contributed by atoms with Crippen LogP contribution in [-0.4, -0.2) is 123 Å². The molecule has 4 amide bonds. The number of hydrazine groups is 1. The molecule has 7 N–H and O–H groups in total. The van der Waals surface area contributed by atoms with Crippen LogP contribution in [0.2, 0.25) is 0 Å². The third-order valence-corrected chi connectivity index (χ3v) is 17.7. The van der Waals surface area contributed by atoms with Crippen LogP contribution in [0, 0.1) is 47.3 Å². The normalized spacial score (nSPS) is 38.5. The number of amides is 4. The first kappa shape index (κ1) is 59.7. The van der Waals surface area contributed by atoms with Gasteiger partial charge in [0.1, 0.15) is 35.7 Å². The molecule has 0 aromatic heterocycles. The molecule has 426 valence electrons. The van der Waals surface area contributed by atoms with Gasteiger partial charge in [-0.2, -0.15) is 0 Å². The van der Waals surface area contributed by atoms with Crippen molar-refractivity contribution >= 4 is 29.6 Å². The zero-order valence-corrected chi connectivity index (χ0v) is 47.1. The van der Waals surface area contributed by atoms with Crippen molar-refractivity contribution in [2.24, 2.45) is 47.3 Å². The minimum atomic E-state index is -1.13. The van der Waals surface area contributed by atoms with Gasteiger partial charge in [-0.3, -0.25) is 29.0 Å². The van der Waals surface area contributed by atoms with Crippen LogP contribution in [0.5, 0.6) is 5.75 Å². The first-order chi connectivity index (χ1) is 36.5. The molecule has 18 atom stereocenters. The Kier molecular flexibility index (Phi) is 20.1.